The maximum atomic E-state index is 10.6. The van der Waals surface area contributed by atoms with Crippen LogP contribution < -0.4 is 0 Å². The van der Waals surface area contributed by atoms with Crippen LogP contribution in [0.15, 0.2) is 30.6 Å². The Morgan fingerprint density at radius 1 is 1.26 bits per heavy atom. The number of alkyl halides is 1. The minimum atomic E-state index is -0.421. The van der Waals surface area contributed by atoms with E-state index in [-0.39, 0.29) is 5.69 Å². The molecule has 0 saturated carbocycles. The van der Waals surface area contributed by atoms with Crippen LogP contribution in [0.2, 0.25) is 0 Å². The van der Waals surface area contributed by atoms with Crippen molar-refractivity contribution < 1.29 is 4.92 Å². The number of nitro groups is 1. The summed E-state index contributed by atoms with van der Waals surface area (Å²) < 4.78 is 1.79. The normalized spacial score (nSPS) is 10.6. The van der Waals surface area contributed by atoms with Crippen LogP contribution in [0.3, 0.4) is 0 Å². The number of hydrogen-bond acceptors (Lipinski definition) is 4. The topological polar surface area (TPSA) is 73.8 Å². The second-order valence-corrected chi connectivity index (χ2v) is 4.82. The number of rotatable bonds is 6. The first-order valence-corrected chi connectivity index (χ1v) is 7.03. The van der Waals surface area contributed by atoms with E-state index in [0.29, 0.717) is 5.82 Å². The van der Waals surface area contributed by atoms with Gasteiger partial charge in [-0.05, 0) is 25.0 Å². The van der Waals surface area contributed by atoms with Gasteiger partial charge in [0.15, 0.2) is 5.82 Å². The summed E-state index contributed by atoms with van der Waals surface area (Å²) in [5.74, 6) is 0.591. The molecule has 0 fully saturated rings. The standard InChI is InChI=1S/C12H13BrN4O2/c13-7-1-2-8-16-9-14-12(15-16)10-3-5-11(6-4-10)17(18)19/h3-6,9H,1-2,7-8H2. The quantitative estimate of drug-likeness (QED) is 0.354. The average molecular weight is 325 g/mol. The van der Waals surface area contributed by atoms with E-state index < -0.39 is 4.92 Å². The Labute approximate surface area is 118 Å². The lowest BCUT2D eigenvalue weighted by Gasteiger charge is -1.98. The van der Waals surface area contributed by atoms with Crippen molar-refractivity contribution in [3.63, 3.8) is 0 Å². The van der Waals surface area contributed by atoms with Gasteiger partial charge < -0.3 is 0 Å². The fourth-order valence-electron chi connectivity index (χ4n) is 1.64. The van der Waals surface area contributed by atoms with Crippen molar-refractivity contribution in [3.8, 4) is 11.4 Å². The van der Waals surface area contributed by atoms with Gasteiger partial charge in [0.05, 0.1) is 4.92 Å². The molecule has 2 rings (SSSR count). The highest BCUT2D eigenvalue weighted by Crippen LogP contribution is 2.18. The van der Waals surface area contributed by atoms with E-state index in [1.54, 1.807) is 23.1 Å². The van der Waals surface area contributed by atoms with E-state index in [1.807, 2.05) is 0 Å². The monoisotopic (exact) mass is 324 g/mol. The van der Waals surface area contributed by atoms with Crippen molar-refractivity contribution in [2.24, 2.45) is 0 Å². The van der Waals surface area contributed by atoms with Crippen LogP contribution in [0.1, 0.15) is 12.8 Å². The Hall–Kier alpha value is -1.76. The Balaban J connectivity index is 2.07. The summed E-state index contributed by atoms with van der Waals surface area (Å²) in [6.45, 7) is 0.825. The third-order valence-corrected chi connectivity index (χ3v) is 3.20. The smallest absolute Gasteiger partial charge is 0.258 e. The molecule has 1 heterocycles. The van der Waals surface area contributed by atoms with Crippen LogP contribution in [0.4, 0.5) is 5.69 Å². The van der Waals surface area contributed by atoms with Gasteiger partial charge in [-0.15, -0.1) is 0 Å². The van der Waals surface area contributed by atoms with E-state index in [0.717, 1.165) is 30.3 Å². The molecule has 100 valence electrons. The van der Waals surface area contributed by atoms with Gasteiger partial charge in [-0.25, -0.2) is 4.98 Å². The van der Waals surface area contributed by atoms with Gasteiger partial charge in [0.25, 0.3) is 5.69 Å². The van der Waals surface area contributed by atoms with Gasteiger partial charge in [-0.2, -0.15) is 5.10 Å². The van der Waals surface area contributed by atoms with Crippen LogP contribution in [0.25, 0.3) is 11.4 Å². The number of nitro benzene ring substituents is 1. The van der Waals surface area contributed by atoms with Gasteiger partial charge in [0.2, 0.25) is 0 Å². The first-order chi connectivity index (χ1) is 9.20. The fourth-order valence-corrected chi connectivity index (χ4v) is 2.03. The SMILES string of the molecule is O=[N+]([O-])c1ccc(-c2ncn(CCCCBr)n2)cc1. The Morgan fingerprint density at radius 3 is 2.63 bits per heavy atom. The largest absolute Gasteiger partial charge is 0.269 e. The average Bonchev–Trinajstić information content (AvgIpc) is 2.88. The lowest BCUT2D eigenvalue weighted by Crippen LogP contribution is -1.99. The molecule has 0 amide bonds. The minimum absolute atomic E-state index is 0.0699. The first-order valence-electron chi connectivity index (χ1n) is 5.91. The van der Waals surface area contributed by atoms with Crippen LogP contribution in [0, 0.1) is 10.1 Å². The lowest BCUT2D eigenvalue weighted by atomic mass is 10.2. The van der Waals surface area contributed by atoms with Crippen molar-refractivity contribution in [1.29, 1.82) is 0 Å². The second kappa shape index (κ2) is 6.42. The summed E-state index contributed by atoms with van der Waals surface area (Å²) in [6, 6.07) is 6.24. The number of nitrogens with zero attached hydrogens (tertiary/aromatic N) is 4. The summed E-state index contributed by atoms with van der Waals surface area (Å²) >= 11 is 3.38. The first kappa shape index (κ1) is 13.7. The molecule has 0 aliphatic rings. The molecule has 0 N–H and O–H groups in total. The number of unbranched alkanes of at least 4 members (excludes halogenated alkanes) is 1. The summed E-state index contributed by atoms with van der Waals surface area (Å²) in [4.78, 5) is 14.4. The molecule has 0 bridgehead atoms. The third-order valence-electron chi connectivity index (χ3n) is 2.64. The van der Waals surface area contributed by atoms with Crippen LogP contribution in [0.5, 0.6) is 0 Å². The molecule has 2 aromatic rings. The highest BCUT2D eigenvalue weighted by Gasteiger charge is 2.08. The van der Waals surface area contributed by atoms with E-state index in [1.165, 1.54) is 12.1 Å². The zero-order chi connectivity index (χ0) is 13.7. The molecule has 1 aromatic heterocycles. The van der Waals surface area contributed by atoms with Crippen molar-refractivity contribution in [3.05, 3.63) is 40.7 Å². The molecular weight excluding hydrogens is 312 g/mol. The van der Waals surface area contributed by atoms with Crippen molar-refractivity contribution in [2.45, 2.75) is 19.4 Å². The summed E-state index contributed by atoms with van der Waals surface area (Å²) in [6.07, 6.45) is 3.81. The number of aromatic nitrogens is 3. The number of hydrogen-bond donors (Lipinski definition) is 0. The molecule has 7 heteroatoms. The molecule has 19 heavy (non-hydrogen) atoms. The van der Waals surface area contributed by atoms with Gasteiger partial charge >= 0.3 is 0 Å². The van der Waals surface area contributed by atoms with E-state index in [4.69, 9.17) is 0 Å². The Kier molecular flexibility index (Phi) is 4.62. The molecule has 0 saturated heterocycles. The molecule has 1 aromatic carbocycles. The predicted molar refractivity (Wildman–Crippen MR) is 75.1 cm³/mol. The van der Waals surface area contributed by atoms with Gasteiger partial charge in [0.1, 0.15) is 6.33 Å². The maximum Gasteiger partial charge on any atom is 0.269 e. The lowest BCUT2D eigenvalue weighted by molar-refractivity contribution is -0.384. The molecule has 0 unspecified atom stereocenters. The summed E-state index contributed by atoms with van der Waals surface area (Å²) in [5, 5.41) is 15.9. The number of benzene rings is 1. The van der Waals surface area contributed by atoms with Crippen LogP contribution in [-0.2, 0) is 6.54 Å². The van der Waals surface area contributed by atoms with Crippen molar-refractivity contribution in [1.82, 2.24) is 14.8 Å². The molecular formula is C12H13BrN4O2. The molecule has 0 radical (unpaired) electrons. The number of halogens is 1. The highest BCUT2D eigenvalue weighted by atomic mass is 79.9. The second-order valence-electron chi connectivity index (χ2n) is 4.03. The van der Waals surface area contributed by atoms with Crippen LogP contribution >= 0.6 is 15.9 Å². The molecule has 6 nitrogen and oxygen atoms in total. The highest BCUT2D eigenvalue weighted by molar-refractivity contribution is 9.09. The third kappa shape index (κ3) is 3.60. The predicted octanol–water partition coefficient (Wildman–Crippen LogP) is 3.03. The van der Waals surface area contributed by atoms with Crippen LogP contribution in [-0.4, -0.2) is 25.0 Å². The van der Waals surface area contributed by atoms with Crippen molar-refractivity contribution in [2.75, 3.05) is 5.33 Å². The fraction of sp³-hybridized carbons (Fsp3) is 0.333. The van der Waals surface area contributed by atoms with E-state index in [9.17, 15) is 10.1 Å². The zero-order valence-corrected chi connectivity index (χ0v) is 11.8. The maximum absolute atomic E-state index is 10.6. The van der Waals surface area contributed by atoms with Crippen molar-refractivity contribution >= 4 is 21.6 Å². The van der Waals surface area contributed by atoms with Gasteiger partial charge in [-0.3, -0.25) is 14.8 Å². The summed E-state index contributed by atoms with van der Waals surface area (Å²) in [5.41, 5.74) is 0.852. The number of non-ortho nitro benzene ring substituents is 1. The molecule has 0 aliphatic carbocycles. The molecule has 0 aliphatic heterocycles. The minimum Gasteiger partial charge on any atom is -0.258 e. The Bertz CT molecular complexity index is 553. The molecule has 0 atom stereocenters. The number of aryl methyl sites for hydroxylation is 1. The van der Waals surface area contributed by atoms with Gasteiger partial charge in [0, 0.05) is 29.6 Å². The van der Waals surface area contributed by atoms with Gasteiger partial charge in [-0.1, -0.05) is 15.9 Å². The van der Waals surface area contributed by atoms with E-state index >= 15 is 0 Å². The Morgan fingerprint density at radius 2 is 2.00 bits per heavy atom. The summed E-state index contributed by atoms with van der Waals surface area (Å²) in [7, 11) is 0. The molecule has 0 spiro atoms. The van der Waals surface area contributed by atoms with E-state index in [2.05, 4.69) is 26.0 Å². The zero-order valence-electron chi connectivity index (χ0n) is 10.2.